The molecule has 0 radical (unpaired) electrons. The number of rotatable bonds is 6. The Hall–Kier alpha value is -0.930. The molecule has 108 valence electrons. The average molecular weight is 266 g/mol. The molecule has 0 saturated heterocycles. The molecule has 0 heterocycles. The first-order chi connectivity index (χ1) is 8.79. The average Bonchev–Trinajstić information content (AvgIpc) is 2.36. The summed E-state index contributed by atoms with van der Waals surface area (Å²) in [4.78, 5) is 2.21. The lowest BCUT2D eigenvalue weighted by molar-refractivity contribution is 0.137. The van der Waals surface area contributed by atoms with Gasteiger partial charge in [0.25, 0.3) is 0 Å². The number of hydrogen-bond acceptors (Lipinski definition) is 2. The maximum absolute atomic E-state index is 13.8. The molecule has 0 amide bonds. The molecule has 1 rings (SSSR count). The second kappa shape index (κ2) is 6.49. The van der Waals surface area contributed by atoms with E-state index in [1.165, 1.54) is 6.07 Å². The second-order valence-corrected chi connectivity index (χ2v) is 6.11. The Bertz CT molecular complexity index is 403. The minimum absolute atomic E-state index is 0.0736. The second-order valence-electron chi connectivity index (χ2n) is 6.11. The molecule has 1 N–H and O–H groups in total. The number of nitrogens with zero attached hydrogens (tertiary/aromatic N) is 1. The monoisotopic (exact) mass is 266 g/mol. The van der Waals surface area contributed by atoms with Crippen LogP contribution in [0.5, 0.6) is 0 Å². The summed E-state index contributed by atoms with van der Waals surface area (Å²) in [7, 11) is 4.04. The quantitative estimate of drug-likeness (QED) is 0.848. The van der Waals surface area contributed by atoms with Gasteiger partial charge in [0.15, 0.2) is 0 Å². The molecule has 0 bridgehead atoms. The van der Waals surface area contributed by atoms with E-state index < -0.39 is 0 Å². The van der Waals surface area contributed by atoms with Gasteiger partial charge in [-0.1, -0.05) is 32.0 Å². The van der Waals surface area contributed by atoms with Crippen molar-refractivity contribution in [2.75, 3.05) is 20.6 Å². The van der Waals surface area contributed by atoms with E-state index in [-0.39, 0.29) is 17.3 Å². The molecule has 1 aromatic rings. The highest BCUT2D eigenvalue weighted by Gasteiger charge is 2.28. The normalized spacial score (nSPS) is 15.6. The molecule has 0 spiro atoms. The maximum Gasteiger partial charge on any atom is 0.127 e. The Kier molecular flexibility index (Phi) is 5.50. The van der Waals surface area contributed by atoms with Gasteiger partial charge >= 0.3 is 0 Å². The predicted octanol–water partition coefficient (Wildman–Crippen LogP) is 3.45. The molecule has 3 heteroatoms. The van der Waals surface area contributed by atoms with Gasteiger partial charge in [0.1, 0.15) is 5.82 Å². The van der Waals surface area contributed by atoms with Crippen molar-refractivity contribution in [3.05, 3.63) is 35.6 Å². The highest BCUT2D eigenvalue weighted by atomic mass is 19.1. The van der Waals surface area contributed by atoms with E-state index in [4.69, 9.17) is 0 Å². The summed E-state index contributed by atoms with van der Waals surface area (Å²) >= 11 is 0. The molecule has 2 unspecified atom stereocenters. The Morgan fingerprint density at radius 2 is 1.84 bits per heavy atom. The van der Waals surface area contributed by atoms with Gasteiger partial charge < -0.3 is 5.32 Å². The van der Waals surface area contributed by atoms with Gasteiger partial charge in [0, 0.05) is 24.2 Å². The van der Waals surface area contributed by atoms with Crippen molar-refractivity contribution in [2.45, 2.75) is 39.8 Å². The lowest BCUT2D eigenvalue weighted by atomic mass is 9.84. The SMILES string of the molecule is CNC(C)C(C)(C)CN(C)C(C)c1ccccc1F. The third-order valence-corrected chi connectivity index (χ3v) is 4.28. The lowest BCUT2D eigenvalue weighted by Gasteiger charge is -2.38. The molecule has 2 atom stereocenters. The highest BCUT2D eigenvalue weighted by molar-refractivity contribution is 5.20. The molecule has 0 aliphatic carbocycles. The molecule has 0 fully saturated rings. The smallest absolute Gasteiger partial charge is 0.127 e. The van der Waals surface area contributed by atoms with Crippen LogP contribution in [0.3, 0.4) is 0 Å². The molecule has 0 aromatic heterocycles. The maximum atomic E-state index is 13.8. The standard InChI is InChI=1S/C16H27FN2/c1-12(14-9-7-8-10-15(14)17)19(6)11-16(3,4)13(2)18-5/h7-10,12-13,18H,11H2,1-6H3. The molecule has 0 saturated carbocycles. The van der Waals surface area contributed by atoms with Crippen molar-refractivity contribution in [1.82, 2.24) is 10.2 Å². The number of halogens is 1. The van der Waals surface area contributed by atoms with E-state index in [2.05, 4.69) is 45.0 Å². The van der Waals surface area contributed by atoms with Crippen LogP contribution < -0.4 is 5.32 Å². The Morgan fingerprint density at radius 1 is 1.26 bits per heavy atom. The van der Waals surface area contributed by atoms with E-state index in [0.29, 0.717) is 6.04 Å². The first kappa shape index (κ1) is 16.1. The van der Waals surface area contributed by atoms with Gasteiger partial charge in [-0.3, -0.25) is 4.90 Å². The van der Waals surface area contributed by atoms with Crippen molar-refractivity contribution in [3.8, 4) is 0 Å². The van der Waals surface area contributed by atoms with Crippen LogP contribution in [-0.4, -0.2) is 31.6 Å². The third-order valence-electron chi connectivity index (χ3n) is 4.28. The fourth-order valence-electron chi connectivity index (χ4n) is 2.36. The van der Waals surface area contributed by atoms with E-state index in [9.17, 15) is 4.39 Å². The zero-order chi connectivity index (χ0) is 14.6. The predicted molar refractivity (Wildman–Crippen MR) is 79.7 cm³/mol. The van der Waals surface area contributed by atoms with E-state index in [1.54, 1.807) is 6.07 Å². The first-order valence-electron chi connectivity index (χ1n) is 6.91. The van der Waals surface area contributed by atoms with Crippen LogP contribution in [0.15, 0.2) is 24.3 Å². The van der Waals surface area contributed by atoms with Crippen LogP contribution in [-0.2, 0) is 0 Å². The Morgan fingerprint density at radius 3 is 2.37 bits per heavy atom. The fraction of sp³-hybridized carbons (Fsp3) is 0.625. The van der Waals surface area contributed by atoms with Gasteiger partial charge in [-0.05, 0) is 39.4 Å². The van der Waals surface area contributed by atoms with Gasteiger partial charge in [-0.25, -0.2) is 4.39 Å². The van der Waals surface area contributed by atoms with E-state index in [0.717, 1.165) is 12.1 Å². The largest absolute Gasteiger partial charge is 0.317 e. The van der Waals surface area contributed by atoms with Crippen molar-refractivity contribution < 1.29 is 4.39 Å². The number of hydrogen-bond donors (Lipinski definition) is 1. The summed E-state index contributed by atoms with van der Waals surface area (Å²) in [5, 5.41) is 3.30. The zero-order valence-corrected chi connectivity index (χ0v) is 13.0. The molecular formula is C16H27FN2. The Balaban J connectivity index is 2.78. The van der Waals surface area contributed by atoms with Gasteiger partial charge in [-0.2, -0.15) is 0 Å². The summed E-state index contributed by atoms with van der Waals surface area (Å²) in [5.41, 5.74) is 0.890. The van der Waals surface area contributed by atoms with Crippen molar-refractivity contribution >= 4 is 0 Å². The van der Waals surface area contributed by atoms with Gasteiger partial charge in [0.2, 0.25) is 0 Å². The highest BCUT2D eigenvalue weighted by Crippen LogP contribution is 2.27. The van der Waals surface area contributed by atoms with Crippen molar-refractivity contribution in [2.24, 2.45) is 5.41 Å². The van der Waals surface area contributed by atoms with Crippen molar-refractivity contribution in [1.29, 1.82) is 0 Å². The minimum Gasteiger partial charge on any atom is -0.317 e. The summed E-state index contributed by atoms with van der Waals surface area (Å²) in [6.45, 7) is 9.61. The first-order valence-corrected chi connectivity index (χ1v) is 6.91. The summed E-state index contributed by atoms with van der Waals surface area (Å²) in [6, 6.07) is 7.50. The van der Waals surface area contributed by atoms with Gasteiger partial charge in [0.05, 0.1) is 0 Å². The molecule has 0 aliphatic heterocycles. The van der Waals surface area contributed by atoms with Crippen LogP contribution in [0.1, 0.15) is 39.3 Å². The minimum atomic E-state index is -0.124. The Labute approximate surface area is 117 Å². The number of nitrogens with one attached hydrogen (secondary N) is 1. The topological polar surface area (TPSA) is 15.3 Å². The molecule has 0 aliphatic rings. The van der Waals surface area contributed by atoms with Crippen molar-refractivity contribution in [3.63, 3.8) is 0 Å². The van der Waals surface area contributed by atoms with Crippen LogP contribution in [0.2, 0.25) is 0 Å². The van der Waals surface area contributed by atoms with Crippen LogP contribution in [0.4, 0.5) is 4.39 Å². The van der Waals surface area contributed by atoms with Crippen LogP contribution in [0.25, 0.3) is 0 Å². The molecule has 2 nitrogen and oxygen atoms in total. The van der Waals surface area contributed by atoms with Crippen LogP contribution in [0, 0.1) is 11.2 Å². The molecule has 1 aromatic carbocycles. The van der Waals surface area contributed by atoms with E-state index in [1.807, 2.05) is 19.2 Å². The fourth-order valence-corrected chi connectivity index (χ4v) is 2.36. The zero-order valence-electron chi connectivity index (χ0n) is 13.0. The van der Waals surface area contributed by atoms with E-state index >= 15 is 0 Å². The molecule has 19 heavy (non-hydrogen) atoms. The summed E-state index contributed by atoms with van der Waals surface area (Å²) in [5.74, 6) is -0.124. The number of benzene rings is 1. The summed E-state index contributed by atoms with van der Waals surface area (Å²) < 4.78 is 13.8. The van der Waals surface area contributed by atoms with Gasteiger partial charge in [-0.15, -0.1) is 0 Å². The summed E-state index contributed by atoms with van der Waals surface area (Å²) in [6.07, 6.45) is 0. The molecular weight excluding hydrogens is 239 g/mol. The van der Waals surface area contributed by atoms with Crippen LogP contribution >= 0.6 is 0 Å². The third kappa shape index (κ3) is 4.02. The lowest BCUT2D eigenvalue weighted by Crippen LogP contribution is -2.45.